The van der Waals surface area contributed by atoms with E-state index in [1.54, 1.807) is 0 Å². The molecule has 0 spiro atoms. The fraction of sp³-hybridized carbons (Fsp3) is 0.308. The molecular weight excluding hydrogens is 374 g/mol. The number of aliphatic hydroxyl groups excluding tert-OH is 1. The van der Waals surface area contributed by atoms with Crippen molar-refractivity contribution in [3.63, 3.8) is 0 Å². The van der Waals surface area contributed by atoms with Gasteiger partial charge in [-0.05, 0) is 40.8 Å². The maximum Gasteiger partial charge on any atom is 0.119 e. The van der Waals surface area contributed by atoms with Gasteiger partial charge in [0.1, 0.15) is 12.4 Å². The first-order valence-electron chi connectivity index (χ1n) is 10.6. The largest absolute Gasteiger partial charge is 0.489 e. The van der Waals surface area contributed by atoms with Crippen molar-refractivity contribution in [1.29, 1.82) is 0 Å². The average Bonchev–Trinajstić information content (AvgIpc) is 2.79. The summed E-state index contributed by atoms with van der Waals surface area (Å²) in [6.07, 6.45) is 0.561. The van der Waals surface area contributed by atoms with E-state index in [1.165, 1.54) is 11.1 Å². The molecular formula is C26H29NO3. The zero-order chi connectivity index (χ0) is 20.6. The van der Waals surface area contributed by atoms with E-state index in [2.05, 4.69) is 41.3 Å². The second kappa shape index (κ2) is 10.4. The molecule has 4 rings (SSSR count). The van der Waals surface area contributed by atoms with Crippen LogP contribution in [-0.2, 0) is 30.9 Å². The lowest BCUT2D eigenvalue weighted by Gasteiger charge is -2.30. The minimum Gasteiger partial charge on any atom is -0.489 e. The third-order valence-electron chi connectivity index (χ3n) is 5.43. The standard InChI is InChI=1S/C26H29NO3/c28-25(17-27-15-14-23-8-4-5-9-24(23)16-27)20-29-18-22-10-12-26(13-11-22)30-19-21-6-2-1-3-7-21/h1-13,25,28H,14-20H2. The molecule has 3 aromatic carbocycles. The lowest BCUT2D eigenvalue weighted by molar-refractivity contribution is 0.00773. The van der Waals surface area contributed by atoms with E-state index >= 15 is 0 Å². The molecule has 1 unspecified atom stereocenters. The highest BCUT2D eigenvalue weighted by atomic mass is 16.5. The van der Waals surface area contributed by atoms with Crippen LogP contribution in [0, 0.1) is 0 Å². The normalized spacial score (nSPS) is 14.8. The maximum atomic E-state index is 10.4. The van der Waals surface area contributed by atoms with Crippen LogP contribution in [0.15, 0.2) is 78.9 Å². The number of nitrogens with zero attached hydrogens (tertiary/aromatic N) is 1. The van der Waals surface area contributed by atoms with Gasteiger partial charge in [-0.2, -0.15) is 0 Å². The highest BCUT2D eigenvalue weighted by Crippen LogP contribution is 2.19. The van der Waals surface area contributed by atoms with Gasteiger partial charge in [0.2, 0.25) is 0 Å². The lowest BCUT2D eigenvalue weighted by Crippen LogP contribution is -2.38. The second-order valence-electron chi connectivity index (χ2n) is 7.84. The van der Waals surface area contributed by atoms with E-state index in [0.29, 0.717) is 26.4 Å². The Kier molecular flexibility index (Phi) is 7.14. The first-order chi connectivity index (χ1) is 14.8. The van der Waals surface area contributed by atoms with Crippen LogP contribution in [0.1, 0.15) is 22.3 Å². The molecule has 0 aromatic heterocycles. The Morgan fingerprint density at radius 3 is 2.30 bits per heavy atom. The fourth-order valence-corrected chi connectivity index (χ4v) is 3.80. The SMILES string of the molecule is OC(COCc1ccc(OCc2ccccc2)cc1)CN1CCc2ccccc2C1. The summed E-state index contributed by atoms with van der Waals surface area (Å²) in [5.41, 5.74) is 5.01. The van der Waals surface area contributed by atoms with Crippen molar-refractivity contribution in [2.75, 3.05) is 19.7 Å². The molecule has 3 aromatic rings. The summed E-state index contributed by atoms with van der Waals surface area (Å²) in [5, 5.41) is 10.4. The first-order valence-corrected chi connectivity index (χ1v) is 10.6. The minimum absolute atomic E-state index is 0.338. The Hall–Kier alpha value is -2.66. The number of benzene rings is 3. The predicted octanol–water partition coefficient (Wildman–Crippen LogP) is 4.20. The molecule has 0 saturated carbocycles. The van der Waals surface area contributed by atoms with Gasteiger partial charge in [-0.3, -0.25) is 4.90 Å². The van der Waals surface area contributed by atoms with Crippen molar-refractivity contribution in [2.24, 2.45) is 0 Å². The zero-order valence-electron chi connectivity index (χ0n) is 17.2. The van der Waals surface area contributed by atoms with Gasteiger partial charge in [0, 0.05) is 19.6 Å². The van der Waals surface area contributed by atoms with Crippen molar-refractivity contribution in [1.82, 2.24) is 4.90 Å². The van der Waals surface area contributed by atoms with Crippen LogP contribution >= 0.6 is 0 Å². The predicted molar refractivity (Wildman–Crippen MR) is 118 cm³/mol. The Labute approximate surface area is 178 Å². The van der Waals surface area contributed by atoms with Gasteiger partial charge in [0.15, 0.2) is 0 Å². The smallest absolute Gasteiger partial charge is 0.119 e. The van der Waals surface area contributed by atoms with E-state index in [1.807, 2.05) is 42.5 Å². The molecule has 4 nitrogen and oxygen atoms in total. The molecule has 0 bridgehead atoms. The van der Waals surface area contributed by atoms with Crippen LogP contribution in [-0.4, -0.2) is 35.8 Å². The van der Waals surface area contributed by atoms with Crippen molar-refractivity contribution in [2.45, 2.75) is 32.3 Å². The van der Waals surface area contributed by atoms with Gasteiger partial charge in [-0.1, -0.05) is 66.7 Å². The molecule has 30 heavy (non-hydrogen) atoms. The van der Waals surface area contributed by atoms with Crippen molar-refractivity contribution in [3.8, 4) is 5.75 Å². The van der Waals surface area contributed by atoms with Crippen LogP contribution in [0.2, 0.25) is 0 Å². The quantitative estimate of drug-likeness (QED) is 0.581. The summed E-state index contributed by atoms with van der Waals surface area (Å²) < 4.78 is 11.6. The number of aliphatic hydroxyl groups is 1. The van der Waals surface area contributed by atoms with E-state index in [9.17, 15) is 5.11 Å². The van der Waals surface area contributed by atoms with Gasteiger partial charge < -0.3 is 14.6 Å². The molecule has 0 radical (unpaired) electrons. The summed E-state index contributed by atoms with van der Waals surface area (Å²) in [6.45, 7) is 3.91. The first kappa shape index (κ1) is 20.6. The van der Waals surface area contributed by atoms with Crippen molar-refractivity contribution in [3.05, 3.63) is 101 Å². The second-order valence-corrected chi connectivity index (χ2v) is 7.84. The Morgan fingerprint density at radius 2 is 1.50 bits per heavy atom. The van der Waals surface area contributed by atoms with Gasteiger partial charge in [-0.15, -0.1) is 0 Å². The molecule has 0 saturated heterocycles. The molecule has 4 heteroatoms. The van der Waals surface area contributed by atoms with Crippen LogP contribution in [0.4, 0.5) is 0 Å². The number of fused-ring (bicyclic) bond motifs is 1. The molecule has 1 aliphatic rings. The van der Waals surface area contributed by atoms with Crippen LogP contribution in [0.5, 0.6) is 5.75 Å². The van der Waals surface area contributed by atoms with Crippen LogP contribution in [0.25, 0.3) is 0 Å². The maximum absolute atomic E-state index is 10.4. The number of rotatable bonds is 9. The summed E-state index contributed by atoms with van der Waals surface area (Å²) in [6, 6.07) is 26.6. The molecule has 0 aliphatic carbocycles. The van der Waals surface area contributed by atoms with Gasteiger partial charge in [0.25, 0.3) is 0 Å². The number of β-amino-alcohol motifs (C(OH)–C–C–N with tert-alkyl or cyclic N) is 1. The molecule has 0 amide bonds. The summed E-state index contributed by atoms with van der Waals surface area (Å²) in [4.78, 5) is 2.30. The molecule has 1 N–H and O–H groups in total. The highest BCUT2D eigenvalue weighted by Gasteiger charge is 2.18. The number of ether oxygens (including phenoxy) is 2. The van der Waals surface area contributed by atoms with E-state index in [-0.39, 0.29) is 0 Å². The van der Waals surface area contributed by atoms with Gasteiger partial charge in [-0.25, -0.2) is 0 Å². The Morgan fingerprint density at radius 1 is 0.800 bits per heavy atom. The molecule has 156 valence electrons. The Bertz CT molecular complexity index is 911. The summed E-state index contributed by atoms with van der Waals surface area (Å²) in [5.74, 6) is 0.841. The zero-order valence-corrected chi connectivity index (χ0v) is 17.2. The topological polar surface area (TPSA) is 41.9 Å². The summed E-state index contributed by atoms with van der Waals surface area (Å²) in [7, 11) is 0. The Balaban J connectivity index is 1.16. The van der Waals surface area contributed by atoms with Gasteiger partial charge >= 0.3 is 0 Å². The third-order valence-corrected chi connectivity index (χ3v) is 5.43. The molecule has 1 aliphatic heterocycles. The average molecular weight is 404 g/mol. The fourth-order valence-electron chi connectivity index (χ4n) is 3.80. The number of hydrogen-bond donors (Lipinski definition) is 1. The number of hydrogen-bond acceptors (Lipinski definition) is 4. The molecule has 1 heterocycles. The van der Waals surface area contributed by atoms with Gasteiger partial charge in [0.05, 0.1) is 19.3 Å². The van der Waals surface area contributed by atoms with E-state index in [4.69, 9.17) is 9.47 Å². The summed E-state index contributed by atoms with van der Waals surface area (Å²) >= 11 is 0. The monoisotopic (exact) mass is 403 g/mol. The van der Waals surface area contributed by atoms with Crippen LogP contribution in [0.3, 0.4) is 0 Å². The van der Waals surface area contributed by atoms with Crippen molar-refractivity contribution < 1.29 is 14.6 Å². The van der Waals surface area contributed by atoms with Crippen LogP contribution < -0.4 is 4.74 Å². The van der Waals surface area contributed by atoms with Crippen molar-refractivity contribution >= 4 is 0 Å². The lowest BCUT2D eigenvalue weighted by atomic mass is 10.00. The highest BCUT2D eigenvalue weighted by molar-refractivity contribution is 5.29. The van der Waals surface area contributed by atoms with E-state index < -0.39 is 6.10 Å². The molecule has 0 fully saturated rings. The minimum atomic E-state index is -0.483. The van der Waals surface area contributed by atoms with E-state index in [0.717, 1.165) is 36.4 Å². The third kappa shape index (κ3) is 5.92. The molecule has 1 atom stereocenters.